The summed E-state index contributed by atoms with van der Waals surface area (Å²) < 4.78 is 0. The summed E-state index contributed by atoms with van der Waals surface area (Å²) in [7, 11) is 4.18. The second kappa shape index (κ2) is 6.82. The molecule has 0 amide bonds. The molecule has 0 saturated carbocycles. The summed E-state index contributed by atoms with van der Waals surface area (Å²) in [4.78, 5) is 7.60. The molecule has 1 aliphatic rings. The van der Waals surface area contributed by atoms with Crippen LogP contribution in [-0.4, -0.2) is 45.2 Å². The molecular weight excluding hydrogens is 290 g/mol. The number of piperazine rings is 1. The van der Waals surface area contributed by atoms with Gasteiger partial charge in [0.1, 0.15) is 0 Å². The lowest BCUT2D eigenvalue weighted by Crippen LogP contribution is -2.45. The number of nitrogens with one attached hydrogen (secondary N) is 1. The maximum Gasteiger partial charge on any atom is 0.0697 e. The summed E-state index contributed by atoms with van der Waals surface area (Å²) in [6.07, 6.45) is 0. The van der Waals surface area contributed by atoms with Gasteiger partial charge >= 0.3 is 0 Å². The topological polar surface area (TPSA) is 18.5 Å². The van der Waals surface area contributed by atoms with Gasteiger partial charge < -0.3 is 10.2 Å². The largest absolute Gasteiger partial charge is 0.378 e. The van der Waals surface area contributed by atoms with Gasteiger partial charge in [0.05, 0.1) is 6.04 Å². The van der Waals surface area contributed by atoms with Gasteiger partial charge in [-0.15, -0.1) is 11.3 Å². The van der Waals surface area contributed by atoms with E-state index in [0.29, 0.717) is 6.04 Å². The normalized spacial score (nSPS) is 17.4. The Labute approximate surface area is 137 Å². The van der Waals surface area contributed by atoms with E-state index in [9.17, 15) is 0 Å². The summed E-state index contributed by atoms with van der Waals surface area (Å²) in [6.45, 7) is 6.57. The fraction of sp³-hybridized carbons (Fsp3) is 0.444. The Bertz CT molecular complexity index is 597. The summed E-state index contributed by atoms with van der Waals surface area (Å²) in [6, 6.07) is 14.0. The van der Waals surface area contributed by atoms with Crippen molar-refractivity contribution >= 4 is 17.0 Å². The fourth-order valence-corrected chi connectivity index (χ4v) is 4.09. The zero-order valence-electron chi connectivity index (χ0n) is 13.7. The first-order valence-electron chi connectivity index (χ1n) is 7.93. The van der Waals surface area contributed by atoms with Crippen LogP contribution in [0.4, 0.5) is 5.69 Å². The molecule has 4 heteroatoms. The number of anilines is 1. The lowest BCUT2D eigenvalue weighted by atomic mass is 10.0. The lowest BCUT2D eigenvalue weighted by Gasteiger charge is -2.35. The van der Waals surface area contributed by atoms with E-state index in [1.807, 2.05) is 11.3 Å². The summed E-state index contributed by atoms with van der Waals surface area (Å²) in [5.41, 5.74) is 2.65. The number of hydrogen-bond donors (Lipinski definition) is 1. The van der Waals surface area contributed by atoms with Crippen LogP contribution in [0.3, 0.4) is 0 Å². The van der Waals surface area contributed by atoms with E-state index in [1.54, 1.807) is 0 Å². The molecule has 1 fully saturated rings. The highest BCUT2D eigenvalue weighted by molar-refractivity contribution is 7.12. The molecule has 1 atom stereocenters. The Kier molecular flexibility index (Phi) is 4.81. The van der Waals surface area contributed by atoms with E-state index in [2.05, 4.69) is 72.5 Å². The van der Waals surface area contributed by atoms with E-state index in [4.69, 9.17) is 0 Å². The quantitative estimate of drug-likeness (QED) is 0.935. The van der Waals surface area contributed by atoms with Crippen LogP contribution in [0.5, 0.6) is 0 Å². The Morgan fingerprint density at radius 1 is 1.05 bits per heavy atom. The number of hydrogen-bond acceptors (Lipinski definition) is 4. The molecule has 1 aromatic heterocycles. The molecule has 0 radical (unpaired) electrons. The van der Waals surface area contributed by atoms with Gasteiger partial charge in [0.2, 0.25) is 0 Å². The predicted octanol–water partition coefficient (Wildman–Crippen LogP) is 3.12. The van der Waals surface area contributed by atoms with Crippen molar-refractivity contribution in [3.8, 4) is 0 Å². The zero-order chi connectivity index (χ0) is 15.5. The molecule has 1 aliphatic heterocycles. The van der Waals surface area contributed by atoms with Crippen molar-refractivity contribution in [1.82, 2.24) is 10.2 Å². The van der Waals surface area contributed by atoms with Crippen molar-refractivity contribution in [3.05, 3.63) is 51.7 Å². The SMILES string of the molecule is Cc1ccc(C(c2ccc(N(C)C)cc2)N2CCNCC2)s1. The van der Waals surface area contributed by atoms with E-state index in [-0.39, 0.29) is 0 Å². The van der Waals surface area contributed by atoms with Crippen LogP contribution in [0.2, 0.25) is 0 Å². The first kappa shape index (κ1) is 15.5. The van der Waals surface area contributed by atoms with Gasteiger partial charge in [0.25, 0.3) is 0 Å². The molecule has 1 unspecified atom stereocenters. The lowest BCUT2D eigenvalue weighted by molar-refractivity contribution is 0.200. The molecular formula is C18H25N3S. The zero-order valence-corrected chi connectivity index (χ0v) is 14.5. The highest BCUT2D eigenvalue weighted by atomic mass is 32.1. The third-order valence-electron chi connectivity index (χ3n) is 4.27. The number of aryl methyl sites for hydroxylation is 1. The van der Waals surface area contributed by atoms with Gasteiger partial charge in [-0.05, 0) is 36.8 Å². The predicted molar refractivity (Wildman–Crippen MR) is 96.1 cm³/mol. The van der Waals surface area contributed by atoms with Crippen molar-refractivity contribution in [1.29, 1.82) is 0 Å². The van der Waals surface area contributed by atoms with E-state index in [1.165, 1.54) is 21.0 Å². The highest BCUT2D eigenvalue weighted by Gasteiger charge is 2.25. The summed E-state index contributed by atoms with van der Waals surface area (Å²) in [5, 5.41) is 3.46. The minimum Gasteiger partial charge on any atom is -0.378 e. The molecule has 3 nitrogen and oxygen atoms in total. The van der Waals surface area contributed by atoms with Gasteiger partial charge in [-0.2, -0.15) is 0 Å². The van der Waals surface area contributed by atoms with Crippen molar-refractivity contribution < 1.29 is 0 Å². The molecule has 1 N–H and O–H groups in total. The molecule has 118 valence electrons. The van der Waals surface area contributed by atoms with E-state index < -0.39 is 0 Å². The molecule has 1 saturated heterocycles. The van der Waals surface area contributed by atoms with Crippen LogP contribution >= 0.6 is 11.3 Å². The first-order valence-corrected chi connectivity index (χ1v) is 8.75. The highest BCUT2D eigenvalue weighted by Crippen LogP contribution is 2.34. The summed E-state index contributed by atoms with van der Waals surface area (Å²) >= 11 is 1.92. The van der Waals surface area contributed by atoms with Crippen molar-refractivity contribution in [2.45, 2.75) is 13.0 Å². The third-order valence-corrected chi connectivity index (χ3v) is 5.33. The number of benzene rings is 1. The average molecular weight is 315 g/mol. The van der Waals surface area contributed by atoms with Crippen LogP contribution in [0.1, 0.15) is 21.4 Å². The number of rotatable bonds is 4. The second-order valence-corrected chi connectivity index (χ2v) is 7.44. The maximum absolute atomic E-state index is 3.46. The maximum atomic E-state index is 3.46. The summed E-state index contributed by atoms with van der Waals surface area (Å²) in [5.74, 6) is 0. The first-order chi connectivity index (χ1) is 10.6. The minimum absolute atomic E-state index is 0.386. The minimum atomic E-state index is 0.386. The Morgan fingerprint density at radius 3 is 2.27 bits per heavy atom. The second-order valence-electron chi connectivity index (χ2n) is 6.12. The van der Waals surface area contributed by atoms with E-state index in [0.717, 1.165) is 26.2 Å². The molecule has 0 bridgehead atoms. The van der Waals surface area contributed by atoms with Crippen LogP contribution < -0.4 is 10.2 Å². The molecule has 22 heavy (non-hydrogen) atoms. The molecule has 1 aromatic carbocycles. The number of thiophene rings is 1. The van der Waals surface area contributed by atoms with Crippen LogP contribution in [0.25, 0.3) is 0 Å². The monoisotopic (exact) mass is 315 g/mol. The standard InChI is InChI=1S/C18H25N3S/c1-14-4-9-17(22-14)18(21-12-10-19-11-13-21)15-5-7-16(8-6-15)20(2)3/h4-9,18-19H,10-13H2,1-3H3. The van der Waals surface area contributed by atoms with Crippen LogP contribution in [0, 0.1) is 6.92 Å². The smallest absolute Gasteiger partial charge is 0.0697 e. The molecule has 2 aromatic rings. The van der Waals surface area contributed by atoms with E-state index >= 15 is 0 Å². The van der Waals surface area contributed by atoms with Crippen molar-refractivity contribution in [3.63, 3.8) is 0 Å². The van der Waals surface area contributed by atoms with Crippen molar-refractivity contribution in [2.75, 3.05) is 45.2 Å². The van der Waals surface area contributed by atoms with Crippen LogP contribution in [-0.2, 0) is 0 Å². The van der Waals surface area contributed by atoms with Gasteiger partial charge in [-0.1, -0.05) is 12.1 Å². The van der Waals surface area contributed by atoms with Gasteiger partial charge in [0.15, 0.2) is 0 Å². The molecule has 0 aliphatic carbocycles. The van der Waals surface area contributed by atoms with Crippen LogP contribution in [0.15, 0.2) is 36.4 Å². The third kappa shape index (κ3) is 3.35. The van der Waals surface area contributed by atoms with Gasteiger partial charge in [0, 0.05) is 55.7 Å². The Balaban J connectivity index is 1.93. The molecule has 3 rings (SSSR count). The van der Waals surface area contributed by atoms with Gasteiger partial charge in [-0.3, -0.25) is 4.90 Å². The Hall–Kier alpha value is -1.36. The Morgan fingerprint density at radius 2 is 1.73 bits per heavy atom. The van der Waals surface area contributed by atoms with Gasteiger partial charge in [-0.25, -0.2) is 0 Å². The fourth-order valence-electron chi connectivity index (χ4n) is 3.05. The average Bonchev–Trinajstić information content (AvgIpc) is 2.95. The number of nitrogens with zero attached hydrogens (tertiary/aromatic N) is 2. The molecule has 0 spiro atoms. The van der Waals surface area contributed by atoms with Crippen molar-refractivity contribution in [2.24, 2.45) is 0 Å². The molecule has 2 heterocycles.